The maximum absolute atomic E-state index is 6.01. The van der Waals surface area contributed by atoms with Gasteiger partial charge in [-0.3, -0.25) is 0 Å². The van der Waals surface area contributed by atoms with Crippen LogP contribution in [0.25, 0.3) is 6.08 Å². The average Bonchev–Trinajstić information content (AvgIpc) is 2.38. The number of rotatable bonds is 3. The van der Waals surface area contributed by atoms with E-state index in [1.54, 1.807) is 0 Å². The van der Waals surface area contributed by atoms with Crippen molar-refractivity contribution >= 4 is 17.7 Å². The summed E-state index contributed by atoms with van der Waals surface area (Å²) in [6.45, 7) is 4.70. The Hall–Kier alpha value is -0.750. The minimum Gasteiger partial charge on any atom is -0.0843 e. The zero-order valence-electron chi connectivity index (χ0n) is 11.5. The SMILES string of the molecule is CCC1CCC(C)(/C=C/c2cccc(Cl)c2)CC1. The molecule has 0 unspecified atom stereocenters. The highest BCUT2D eigenvalue weighted by Crippen LogP contribution is 2.41. The fourth-order valence-corrected chi connectivity index (χ4v) is 3.02. The van der Waals surface area contributed by atoms with Crippen LogP contribution in [-0.4, -0.2) is 0 Å². The number of hydrogen-bond donors (Lipinski definition) is 0. The maximum Gasteiger partial charge on any atom is 0.0411 e. The molecule has 0 spiro atoms. The Morgan fingerprint density at radius 1 is 1.33 bits per heavy atom. The summed E-state index contributed by atoms with van der Waals surface area (Å²) in [7, 11) is 0. The Labute approximate surface area is 116 Å². The molecule has 0 nitrogen and oxygen atoms in total. The van der Waals surface area contributed by atoms with Gasteiger partial charge in [-0.2, -0.15) is 0 Å². The molecule has 2 rings (SSSR count). The second kappa shape index (κ2) is 5.93. The molecule has 1 aromatic rings. The molecule has 0 saturated heterocycles. The van der Waals surface area contributed by atoms with Crippen LogP contribution in [0.4, 0.5) is 0 Å². The molecule has 0 bridgehead atoms. The van der Waals surface area contributed by atoms with Crippen molar-refractivity contribution in [3.05, 3.63) is 40.9 Å². The van der Waals surface area contributed by atoms with Crippen LogP contribution in [0.15, 0.2) is 30.3 Å². The summed E-state index contributed by atoms with van der Waals surface area (Å²) in [5.41, 5.74) is 1.59. The van der Waals surface area contributed by atoms with Crippen LogP contribution >= 0.6 is 11.6 Å². The Balaban J connectivity index is 2.00. The van der Waals surface area contributed by atoms with Gasteiger partial charge in [-0.05, 0) is 54.7 Å². The lowest BCUT2D eigenvalue weighted by molar-refractivity contribution is 0.219. The van der Waals surface area contributed by atoms with Gasteiger partial charge in [0, 0.05) is 5.02 Å². The number of hydrogen-bond acceptors (Lipinski definition) is 0. The highest BCUT2D eigenvalue weighted by Gasteiger charge is 2.27. The van der Waals surface area contributed by atoms with Crippen molar-refractivity contribution in [2.45, 2.75) is 46.0 Å². The van der Waals surface area contributed by atoms with Gasteiger partial charge in [0.2, 0.25) is 0 Å². The lowest BCUT2D eigenvalue weighted by atomic mass is 9.71. The van der Waals surface area contributed by atoms with Gasteiger partial charge in [-0.1, -0.05) is 56.2 Å². The Bertz CT molecular complexity index is 411. The summed E-state index contributed by atoms with van der Waals surface area (Å²) >= 11 is 6.01. The van der Waals surface area contributed by atoms with Crippen molar-refractivity contribution in [3.8, 4) is 0 Å². The van der Waals surface area contributed by atoms with Crippen LogP contribution < -0.4 is 0 Å². The zero-order valence-corrected chi connectivity index (χ0v) is 12.2. The molecule has 1 aliphatic carbocycles. The molecule has 1 heteroatoms. The predicted octanol–water partition coefficient (Wildman–Crippen LogP) is 5.96. The van der Waals surface area contributed by atoms with E-state index in [9.17, 15) is 0 Å². The largest absolute Gasteiger partial charge is 0.0843 e. The molecule has 0 aliphatic heterocycles. The smallest absolute Gasteiger partial charge is 0.0411 e. The molecule has 98 valence electrons. The topological polar surface area (TPSA) is 0 Å². The fraction of sp³-hybridized carbons (Fsp3) is 0.529. The lowest BCUT2D eigenvalue weighted by Gasteiger charge is -2.34. The van der Waals surface area contributed by atoms with Crippen molar-refractivity contribution in [2.24, 2.45) is 11.3 Å². The van der Waals surface area contributed by atoms with Crippen molar-refractivity contribution in [3.63, 3.8) is 0 Å². The van der Waals surface area contributed by atoms with Crippen molar-refractivity contribution in [1.29, 1.82) is 0 Å². The quantitative estimate of drug-likeness (QED) is 0.630. The molecule has 1 aliphatic rings. The van der Waals surface area contributed by atoms with Crippen molar-refractivity contribution in [1.82, 2.24) is 0 Å². The number of halogens is 1. The van der Waals surface area contributed by atoms with Gasteiger partial charge in [0.05, 0.1) is 0 Å². The van der Waals surface area contributed by atoms with E-state index < -0.39 is 0 Å². The van der Waals surface area contributed by atoms with Crippen LogP contribution in [-0.2, 0) is 0 Å². The first-order chi connectivity index (χ1) is 8.61. The summed E-state index contributed by atoms with van der Waals surface area (Å²) in [6, 6.07) is 8.08. The van der Waals surface area contributed by atoms with E-state index in [1.165, 1.54) is 37.7 Å². The van der Waals surface area contributed by atoms with Gasteiger partial charge in [0.25, 0.3) is 0 Å². The highest BCUT2D eigenvalue weighted by atomic mass is 35.5. The second-order valence-corrected chi connectivity index (χ2v) is 6.33. The third kappa shape index (κ3) is 3.62. The first-order valence-corrected chi connectivity index (χ1v) is 7.44. The van der Waals surface area contributed by atoms with E-state index in [1.807, 2.05) is 18.2 Å². The van der Waals surface area contributed by atoms with Crippen LogP contribution in [0.3, 0.4) is 0 Å². The predicted molar refractivity (Wildman–Crippen MR) is 80.8 cm³/mol. The van der Waals surface area contributed by atoms with Crippen LogP contribution in [0.5, 0.6) is 0 Å². The minimum atomic E-state index is 0.383. The summed E-state index contributed by atoms with van der Waals surface area (Å²) < 4.78 is 0. The summed E-state index contributed by atoms with van der Waals surface area (Å²) in [6.07, 6.45) is 11.4. The Morgan fingerprint density at radius 3 is 2.67 bits per heavy atom. The molecular weight excluding hydrogens is 240 g/mol. The van der Waals surface area contributed by atoms with E-state index in [-0.39, 0.29) is 0 Å². The molecule has 1 fully saturated rings. The van der Waals surface area contributed by atoms with Gasteiger partial charge < -0.3 is 0 Å². The third-order valence-corrected chi connectivity index (χ3v) is 4.59. The third-order valence-electron chi connectivity index (χ3n) is 4.35. The lowest BCUT2D eigenvalue weighted by Crippen LogP contribution is -2.22. The highest BCUT2D eigenvalue weighted by molar-refractivity contribution is 6.30. The Morgan fingerprint density at radius 2 is 2.06 bits per heavy atom. The van der Waals surface area contributed by atoms with E-state index in [0.29, 0.717) is 5.41 Å². The first-order valence-electron chi connectivity index (χ1n) is 7.06. The second-order valence-electron chi connectivity index (χ2n) is 5.89. The molecule has 0 heterocycles. The normalized spacial score (nSPS) is 28.7. The van der Waals surface area contributed by atoms with E-state index in [2.05, 4.69) is 32.1 Å². The van der Waals surface area contributed by atoms with Crippen LogP contribution in [0.1, 0.15) is 51.5 Å². The maximum atomic E-state index is 6.01. The molecule has 18 heavy (non-hydrogen) atoms. The zero-order chi connectivity index (χ0) is 13.0. The van der Waals surface area contributed by atoms with Crippen molar-refractivity contribution in [2.75, 3.05) is 0 Å². The molecule has 0 N–H and O–H groups in total. The van der Waals surface area contributed by atoms with Gasteiger partial charge in [0.1, 0.15) is 0 Å². The fourth-order valence-electron chi connectivity index (χ4n) is 2.82. The summed E-state index contributed by atoms with van der Waals surface area (Å²) in [5.74, 6) is 0.956. The molecule has 0 atom stereocenters. The van der Waals surface area contributed by atoms with Gasteiger partial charge >= 0.3 is 0 Å². The van der Waals surface area contributed by atoms with Gasteiger partial charge in [-0.15, -0.1) is 0 Å². The van der Waals surface area contributed by atoms with Gasteiger partial charge in [-0.25, -0.2) is 0 Å². The van der Waals surface area contributed by atoms with Gasteiger partial charge in [0.15, 0.2) is 0 Å². The molecule has 1 aromatic carbocycles. The Kier molecular flexibility index (Phi) is 4.50. The number of benzene rings is 1. The molecule has 0 amide bonds. The monoisotopic (exact) mass is 262 g/mol. The van der Waals surface area contributed by atoms with Crippen molar-refractivity contribution < 1.29 is 0 Å². The first kappa shape index (κ1) is 13.7. The summed E-state index contributed by atoms with van der Waals surface area (Å²) in [5, 5.41) is 0.817. The van der Waals surface area contributed by atoms with E-state index >= 15 is 0 Å². The summed E-state index contributed by atoms with van der Waals surface area (Å²) in [4.78, 5) is 0. The molecule has 0 radical (unpaired) electrons. The molecular formula is C17H23Cl. The van der Waals surface area contributed by atoms with E-state index in [4.69, 9.17) is 11.6 Å². The average molecular weight is 263 g/mol. The minimum absolute atomic E-state index is 0.383. The van der Waals surface area contributed by atoms with Crippen LogP contribution in [0.2, 0.25) is 5.02 Å². The molecule has 1 saturated carbocycles. The van der Waals surface area contributed by atoms with E-state index in [0.717, 1.165) is 10.9 Å². The number of allylic oxidation sites excluding steroid dienone is 1. The molecule has 0 aromatic heterocycles. The standard InChI is InChI=1S/C17H23Cl/c1-3-14-7-10-17(2,11-8-14)12-9-15-5-4-6-16(18)13-15/h4-6,9,12-14H,3,7-8,10-11H2,1-2H3/b12-9+. The van der Waals surface area contributed by atoms with Crippen LogP contribution in [0, 0.1) is 11.3 Å².